The fourth-order valence-electron chi connectivity index (χ4n) is 0.814. The van der Waals surface area contributed by atoms with Gasteiger partial charge in [-0.2, -0.15) is 0 Å². The molecule has 0 unspecified atom stereocenters. The van der Waals surface area contributed by atoms with Gasteiger partial charge in [-0.3, -0.25) is 14.9 Å². The first-order valence-electron chi connectivity index (χ1n) is 3.64. The van der Waals surface area contributed by atoms with Crippen LogP contribution in [-0.2, 0) is 4.79 Å². The van der Waals surface area contributed by atoms with Crippen molar-refractivity contribution in [2.75, 3.05) is 0 Å². The van der Waals surface area contributed by atoms with E-state index in [2.05, 4.69) is 5.32 Å². The van der Waals surface area contributed by atoms with Gasteiger partial charge in [0.2, 0.25) is 0 Å². The monoisotopic (exact) mass is 185 g/mol. The molecule has 0 aromatic rings. The van der Waals surface area contributed by atoms with Crippen LogP contribution in [0, 0.1) is 5.41 Å². The van der Waals surface area contributed by atoms with E-state index in [1.807, 2.05) is 20.8 Å². The third-order valence-corrected chi connectivity index (χ3v) is 2.02. The molecular weight excluding hydrogens is 174 g/mol. The second-order valence-corrected chi connectivity index (χ2v) is 4.73. The summed E-state index contributed by atoms with van der Waals surface area (Å²) in [7, 11) is 0. The molecule has 0 aromatic heterocycles. The summed E-state index contributed by atoms with van der Waals surface area (Å²) in [6.45, 7) is 5.95. The van der Waals surface area contributed by atoms with Crippen LogP contribution in [0.2, 0.25) is 0 Å². The average molecular weight is 185 g/mol. The average Bonchev–Trinajstić information content (AvgIpc) is 2.06. The Labute approximate surface area is 75.6 Å². The minimum absolute atomic E-state index is 0.0652. The van der Waals surface area contributed by atoms with Gasteiger partial charge in [-0.1, -0.05) is 26.8 Å². The molecule has 1 fully saturated rings. The van der Waals surface area contributed by atoms with E-state index in [9.17, 15) is 9.59 Å². The normalized spacial score (nSPS) is 21.8. The molecule has 0 bridgehead atoms. The summed E-state index contributed by atoms with van der Waals surface area (Å²) < 4.78 is 0. The van der Waals surface area contributed by atoms with Gasteiger partial charge in [-0.05, 0) is 17.2 Å². The first kappa shape index (κ1) is 9.32. The summed E-state index contributed by atoms with van der Waals surface area (Å²) in [6.07, 6.45) is 1.80. The van der Waals surface area contributed by atoms with Crippen LogP contribution in [0.1, 0.15) is 20.8 Å². The maximum atomic E-state index is 11.0. The lowest BCUT2D eigenvalue weighted by Crippen LogP contribution is -2.18. The zero-order chi connectivity index (χ0) is 9.35. The van der Waals surface area contributed by atoms with Crippen LogP contribution in [0.4, 0.5) is 4.79 Å². The predicted octanol–water partition coefficient (Wildman–Crippen LogP) is 1.90. The Bertz CT molecular complexity index is 263. The Balaban J connectivity index is 2.84. The number of carbonyl (C=O) groups excluding carboxylic acids is 2. The van der Waals surface area contributed by atoms with Crippen LogP contribution in [0.25, 0.3) is 0 Å². The SMILES string of the molecule is CC(C)(C)C=C1SC(=O)NC1=O. The molecule has 4 heteroatoms. The highest BCUT2D eigenvalue weighted by molar-refractivity contribution is 8.18. The second kappa shape index (κ2) is 2.94. The highest BCUT2D eigenvalue weighted by atomic mass is 32.2. The molecule has 0 aliphatic carbocycles. The van der Waals surface area contributed by atoms with Gasteiger partial charge >= 0.3 is 0 Å². The minimum atomic E-state index is -0.282. The van der Waals surface area contributed by atoms with E-state index in [4.69, 9.17) is 0 Å². The molecule has 3 nitrogen and oxygen atoms in total. The highest BCUT2D eigenvalue weighted by Gasteiger charge is 2.26. The zero-order valence-electron chi connectivity index (χ0n) is 7.30. The third-order valence-electron chi connectivity index (χ3n) is 1.21. The number of amides is 2. The van der Waals surface area contributed by atoms with E-state index in [0.29, 0.717) is 4.91 Å². The van der Waals surface area contributed by atoms with E-state index in [0.717, 1.165) is 11.8 Å². The number of hydrogen-bond acceptors (Lipinski definition) is 3. The summed E-state index contributed by atoms with van der Waals surface area (Å²) in [5.41, 5.74) is -0.0652. The van der Waals surface area contributed by atoms with Gasteiger partial charge in [0.05, 0.1) is 4.91 Å². The molecule has 12 heavy (non-hydrogen) atoms. The predicted molar refractivity (Wildman–Crippen MR) is 48.7 cm³/mol. The van der Waals surface area contributed by atoms with Gasteiger partial charge < -0.3 is 0 Å². The lowest BCUT2D eigenvalue weighted by atomic mass is 9.96. The van der Waals surface area contributed by atoms with Crippen LogP contribution in [-0.4, -0.2) is 11.1 Å². The quantitative estimate of drug-likeness (QED) is 0.586. The number of carbonyl (C=O) groups is 2. The van der Waals surface area contributed by atoms with Crippen LogP contribution >= 0.6 is 11.8 Å². The zero-order valence-corrected chi connectivity index (χ0v) is 8.12. The van der Waals surface area contributed by atoms with Crippen LogP contribution in [0.5, 0.6) is 0 Å². The molecule has 1 N–H and O–H groups in total. The van der Waals surface area contributed by atoms with E-state index in [-0.39, 0.29) is 16.6 Å². The Morgan fingerprint density at radius 3 is 2.25 bits per heavy atom. The fraction of sp³-hybridized carbons (Fsp3) is 0.500. The highest BCUT2D eigenvalue weighted by Crippen LogP contribution is 2.28. The maximum Gasteiger partial charge on any atom is 0.290 e. The van der Waals surface area contributed by atoms with Crippen molar-refractivity contribution >= 4 is 22.9 Å². The molecule has 1 aliphatic heterocycles. The topological polar surface area (TPSA) is 46.2 Å². The van der Waals surface area contributed by atoms with E-state index < -0.39 is 0 Å². The van der Waals surface area contributed by atoms with Gasteiger partial charge in [0.15, 0.2) is 0 Å². The van der Waals surface area contributed by atoms with Gasteiger partial charge in [-0.15, -0.1) is 0 Å². The lowest BCUT2D eigenvalue weighted by molar-refractivity contribution is -0.115. The van der Waals surface area contributed by atoms with E-state index in [1.54, 1.807) is 6.08 Å². The second-order valence-electron chi connectivity index (χ2n) is 3.72. The summed E-state index contributed by atoms with van der Waals surface area (Å²) in [6, 6.07) is 0. The lowest BCUT2D eigenvalue weighted by Gasteiger charge is -2.11. The molecule has 0 aromatic carbocycles. The van der Waals surface area contributed by atoms with Gasteiger partial charge in [0.1, 0.15) is 0 Å². The first-order chi connectivity index (χ1) is 5.38. The molecule has 1 aliphatic rings. The Kier molecular flexibility index (Phi) is 2.28. The van der Waals surface area contributed by atoms with Crippen molar-refractivity contribution in [3.05, 3.63) is 11.0 Å². The number of allylic oxidation sites excluding steroid dienone is 1. The molecule has 0 radical (unpaired) electrons. The van der Waals surface area contributed by atoms with Crippen molar-refractivity contribution in [1.29, 1.82) is 0 Å². The summed E-state index contributed by atoms with van der Waals surface area (Å²) in [5, 5.41) is 1.92. The van der Waals surface area contributed by atoms with Gasteiger partial charge in [0, 0.05) is 0 Å². The van der Waals surface area contributed by atoms with Crippen molar-refractivity contribution in [2.45, 2.75) is 20.8 Å². The summed E-state index contributed by atoms with van der Waals surface area (Å²) in [4.78, 5) is 22.3. The van der Waals surface area contributed by atoms with Crippen molar-refractivity contribution in [3.8, 4) is 0 Å². The van der Waals surface area contributed by atoms with Crippen LogP contribution in [0.3, 0.4) is 0 Å². The Hall–Kier alpha value is -0.770. The molecule has 0 atom stereocenters. The Morgan fingerprint density at radius 1 is 1.33 bits per heavy atom. The van der Waals surface area contributed by atoms with Crippen molar-refractivity contribution in [3.63, 3.8) is 0 Å². The molecule has 1 rings (SSSR count). The van der Waals surface area contributed by atoms with E-state index in [1.165, 1.54) is 0 Å². The first-order valence-corrected chi connectivity index (χ1v) is 4.46. The largest absolute Gasteiger partial charge is 0.290 e. The standard InChI is InChI=1S/C8H11NO2S/c1-8(2,3)4-5-6(10)9-7(11)12-5/h4H,1-3H3,(H,9,10,11). The molecule has 66 valence electrons. The number of imide groups is 1. The number of thioether (sulfide) groups is 1. The van der Waals surface area contributed by atoms with Gasteiger partial charge in [-0.25, -0.2) is 0 Å². The van der Waals surface area contributed by atoms with Crippen LogP contribution in [0.15, 0.2) is 11.0 Å². The van der Waals surface area contributed by atoms with Crippen molar-refractivity contribution < 1.29 is 9.59 Å². The Morgan fingerprint density at radius 2 is 1.92 bits per heavy atom. The number of nitrogens with one attached hydrogen (secondary N) is 1. The molecular formula is C8H11NO2S. The molecule has 2 amide bonds. The third kappa shape index (κ3) is 2.37. The minimum Gasteiger partial charge on any atom is -0.282 e. The molecule has 0 saturated carbocycles. The molecule has 0 spiro atoms. The van der Waals surface area contributed by atoms with Gasteiger partial charge in [0.25, 0.3) is 11.1 Å². The molecule has 1 saturated heterocycles. The summed E-state index contributed by atoms with van der Waals surface area (Å²) >= 11 is 0.962. The maximum absolute atomic E-state index is 11.0. The smallest absolute Gasteiger partial charge is 0.282 e. The number of hydrogen-bond donors (Lipinski definition) is 1. The molecule has 1 heterocycles. The van der Waals surface area contributed by atoms with E-state index >= 15 is 0 Å². The van der Waals surface area contributed by atoms with Crippen molar-refractivity contribution in [2.24, 2.45) is 5.41 Å². The van der Waals surface area contributed by atoms with Crippen LogP contribution < -0.4 is 5.32 Å². The van der Waals surface area contributed by atoms with Crippen molar-refractivity contribution in [1.82, 2.24) is 5.32 Å². The summed E-state index contributed by atoms with van der Waals surface area (Å²) in [5.74, 6) is -0.278. The fourth-order valence-corrected chi connectivity index (χ4v) is 1.71. The number of rotatable bonds is 0.